The minimum absolute atomic E-state index is 0.0645. The predicted molar refractivity (Wildman–Crippen MR) is 150 cm³/mol. The van der Waals surface area contributed by atoms with Crippen LogP contribution in [0.2, 0.25) is 0 Å². The SMILES string of the molecule is COc1cc(C)[nH]c(=O)c1CNC(=O)c1c(C)n(C(C)C2CCN(C(=O)CC(C)C)CC2)c2ccccc12. The lowest BCUT2D eigenvalue weighted by atomic mass is 9.89. The molecular formula is C30H40N4O4. The number of hydrogen-bond acceptors (Lipinski definition) is 4. The Balaban J connectivity index is 1.56. The molecule has 0 bridgehead atoms. The van der Waals surface area contributed by atoms with Gasteiger partial charge < -0.3 is 24.5 Å². The van der Waals surface area contributed by atoms with Crippen molar-refractivity contribution in [2.45, 2.75) is 66.5 Å². The molecule has 1 aliphatic heterocycles. The van der Waals surface area contributed by atoms with Gasteiger partial charge in [-0.2, -0.15) is 0 Å². The third-order valence-electron chi connectivity index (χ3n) is 7.82. The summed E-state index contributed by atoms with van der Waals surface area (Å²) in [5.41, 5.74) is 3.36. The summed E-state index contributed by atoms with van der Waals surface area (Å²) in [5.74, 6) is 1.25. The van der Waals surface area contributed by atoms with Gasteiger partial charge in [0.1, 0.15) is 5.75 Å². The van der Waals surface area contributed by atoms with Crippen LogP contribution in [0.5, 0.6) is 5.75 Å². The fourth-order valence-electron chi connectivity index (χ4n) is 5.82. The van der Waals surface area contributed by atoms with E-state index in [9.17, 15) is 14.4 Å². The quantitative estimate of drug-likeness (QED) is 0.449. The molecule has 38 heavy (non-hydrogen) atoms. The average molecular weight is 521 g/mol. The summed E-state index contributed by atoms with van der Waals surface area (Å²) < 4.78 is 7.66. The van der Waals surface area contributed by atoms with Crippen LogP contribution in [0.1, 0.15) is 73.4 Å². The number of rotatable bonds is 8. The normalized spacial score (nSPS) is 15.2. The molecule has 1 unspecified atom stereocenters. The number of likely N-dealkylation sites (tertiary alicyclic amines) is 1. The molecule has 3 heterocycles. The lowest BCUT2D eigenvalue weighted by molar-refractivity contribution is -0.133. The number of ether oxygens (including phenoxy) is 1. The minimum atomic E-state index is -0.270. The molecule has 0 spiro atoms. The molecule has 4 rings (SSSR count). The number of aryl methyl sites for hydroxylation is 1. The maximum Gasteiger partial charge on any atom is 0.256 e. The van der Waals surface area contributed by atoms with E-state index in [2.05, 4.69) is 41.7 Å². The first-order valence-corrected chi connectivity index (χ1v) is 13.5. The number of nitrogens with zero attached hydrogens (tertiary/aromatic N) is 2. The van der Waals surface area contributed by atoms with Gasteiger partial charge in [-0.05, 0) is 57.6 Å². The number of methoxy groups -OCH3 is 1. The van der Waals surface area contributed by atoms with Gasteiger partial charge in [-0.3, -0.25) is 14.4 Å². The third kappa shape index (κ3) is 5.49. The highest BCUT2D eigenvalue weighted by atomic mass is 16.5. The van der Waals surface area contributed by atoms with Gasteiger partial charge in [-0.1, -0.05) is 32.0 Å². The van der Waals surface area contributed by atoms with Crippen LogP contribution in [0.25, 0.3) is 10.9 Å². The third-order valence-corrected chi connectivity index (χ3v) is 7.82. The van der Waals surface area contributed by atoms with Crippen molar-refractivity contribution >= 4 is 22.7 Å². The summed E-state index contributed by atoms with van der Waals surface area (Å²) in [6.45, 7) is 11.8. The topological polar surface area (TPSA) is 96.4 Å². The van der Waals surface area contributed by atoms with E-state index in [4.69, 9.17) is 4.74 Å². The minimum Gasteiger partial charge on any atom is -0.496 e. The molecule has 1 aromatic carbocycles. The average Bonchev–Trinajstić information content (AvgIpc) is 3.18. The van der Waals surface area contributed by atoms with Crippen LogP contribution in [0.3, 0.4) is 0 Å². The lowest BCUT2D eigenvalue weighted by Gasteiger charge is -2.36. The fourth-order valence-corrected chi connectivity index (χ4v) is 5.82. The van der Waals surface area contributed by atoms with E-state index in [0.29, 0.717) is 40.8 Å². The molecule has 2 N–H and O–H groups in total. The number of amides is 2. The van der Waals surface area contributed by atoms with E-state index in [0.717, 1.165) is 42.5 Å². The molecule has 0 saturated carbocycles. The van der Waals surface area contributed by atoms with Crippen LogP contribution in [-0.4, -0.2) is 46.5 Å². The summed E-state index contributed by atoms with van der Waals surface area (Å²) in [5, 5.41) is 3.84. The van der Waals surface area contributed by atoms with Crippen molar-refractivity contribution in [2.24, 2.45) is 11.8 Å². The van der Waals surface area contributed by atoms with Crippen molar-refractivity contribution in [1.82, 2.24) is 19.8 Å². The Bertz CT molecular complexity index is 1380. The molecule has 2 amide bonds. The van der Waals surface area contributed by atoms with Gasteiger partial charge in [0.25, 0.3) is 11.5 Å². The molecule has 8 nitrogen and oxygen atoms in total. The van der Waals surface area contributed by atoms with Gasteiger partial charge in [0.2, 0.25) is 5.91 Å². The van der Waals surface area contributed by atoms with Crippen LogP contribution in [-0.2, 0) is 11.3 Å². The molecule has 1 aliphatic rings. The first kappa shape index (κ1) is 27.5. The number of piperidine rings is 1. The summed E-state index contributed by atoms with van der Waals surface area (Å²) in [6.07, 6.45) is 2.48. The second-order valence-corrected chi connectivity index (χ2v) is 10.9. The van der Waals surface area contributed by atoms with Crippen LogP contribution in [0.4, 0.5) is 0 Å². The van der Waals surface area contributed by atoms with Gasteiger partial charge in [0, 0.05) is 47.8 Å². The first-order chi connectivity index (χ1) is 18.1. The van der Waals surface area contributed by atoms with E-state index < -0.39 is 0 Å². The second-order valence-electron chi connectivity index (χ2n) is 10.9. The number of H-pyrrole nitrogens is 1. The predicted octanol–water partition coefficient (Wildman–Crippen LogP) is 4.73. The van der Waals surface area contributed by atoms with Gasteiger partial charge in [-0.25, -0.2) is 0 Å². The molecule has 2 aromatic heterocycles. The van der Waals surface area contributed by atoms with Crippen molar-refractivity contribution in [1.29, 1.82) is 0 Å². The Morgan fingerprint density at radius 2 is 1.82 bits per heavy atom. The molecule has 8 heteroatoms. The molecule has 1 fully saturated rings. The fraction of sp³-hybridized carbons (Fsp3) is 0.500. The summed E-state index contributed by atoms with van der Waals surface area (Å²) >= 11 is 0. The summed E-state index contributed by atoms with van der Waals surface area (Å²) in [4.78, 5) is 43.4. The maximum absolute atomic E-state index is 13.5. The number of carbonyl (C=O) groups excluding carboxylic acids is 2. The zero-order valence-corrected chi connectivity index (χ0v) is 23.4. The molecule has 1 saturated heterocycles. The number of aromatic amines is 1. The second kappa shape index (κ2) is 11.5. The van der Waals surface area contributed by atoms with Crippen molar-refractivity contribution in [3.63, 3.8) is 0 Å². The largest absolute Gasteiger partial charge is 0.496 e. The Labute approximate surface area is 224 Å². The van der Waals surface area contributed by atoms with Crippen LogP contribution in [0.15, 0.2) is 35.1 Å². The van der Waals surface area contributed by atoms with Crippen molar-refractivity contribution in [2.75, 3.05) is 20.2 Å². The number of nitrogens with one attached hydrogen (secondary N) is 2. The zero-order valence-electron chi connectivity index (χ0n) is 23.4. The number of pyridine rings is 1. The molecular weight excluding hydrogens is 480 g/mol. The van der Waals surface area contributed by atoms with E-state index >= 15 is 0 Å². The standard InChI is InChI=1S/C30H40N4O4/c1-18(2)15-27(35)33-13-11-22(12-14-33)20(4)34-21(5)28(23-9-7-8-10-25(23)34)30(37)31-17-24-26(38-6)16-19(3)32-29(24)36/h7-10,16,18,20,22H,11-15,17H2,1-6H3,(H,31,37)(H,32,36). The molecule has 0 radical (unpaired) electrons. The molecule has 1 atom stereocenters. The number of para-hydroxylation sites is 1. The van der Waals surface area contributed by atoms with E-state index in [1.165, 1.54) is 7.11 Å². The van der Waals surface area contributed by atoms with Gasteiger partial charge in [0.05, 0.1) is 24.8 Å². The molecule has 3 aromatic rings. The summed E-state index contributed by atoms with van der Waals surface area (Å²) in [6, 6.07) is 9.90. The smallest absolute Gasteiger partial charge is 0.256 e. The number of benzene rings is 1. The Hall–Kier alpha value is -3.55. The first-order valence-electron chi connectivity index (χ1n) is 13.5. The number of fused-ring (bicyclic) bond motifs is 1. The Kier molecular flexibility index (Phi) is 8.29. The monoisotopic (exact) mass is 520 g/mol. The van der Waals surface area contributed by atoms with E-state index in [1.807, 2.05) is 30.0 Å². The Morgan fingerprint density at radius 1 is 1.13 bits per heavy atom. The number of hydrogen-bond donors (Lipinski definition) is 2. The number of aromatic nitrogens is 2. The molecule has 0 aliphatic carbocycles. The van der Waals surface area contributed by atoms with E-state index in [1.54, 1.807) is 13.0 Å². The van der Waals surface area contributed by atoms with Crippen molar-refractivity contribution in [3.8, 4) is 5.75 Å². The van der Waals surface area contributed by atoms with Gasteiger partial charge in [-0.15, -0.1) is 0 Å². The van der Waals surface area contributed by atoms with Crippen LogP contribution < -0.4 is 15.6 Å². The molecule has 204 valence electrons. The zero-order chi connectivity index (χ0) is 27.6. The highest BCUT2D eigenvalue weighted by Crippen LogP contribution is 2.36. The van der Waals surface area contributed by atoms with E-state index in [-0.39, 0.29) is 30.0 Å². The maximum atomic E-state index is 13.5. The lowest BCUT2D eigenvalue weighted by Crippen LogP contribution is -2.40. The van der Waals surface area contributed by atoms with Crippen LogP contribution >= 0.6 is 0 Å². The van der Waals surface area contributed by atoms with Crippen LogP contribution in [0, 0.1) is 25.7 Å². The Morgan fingerprint density at radius 3 is 2.47 bits per heavy atom. The van der Waals surface area contributed by atoms with Gasteiger partial charge >= 0.3 is 0 Å². The van der Waals surface area contributed by atoms with Gasteiger partial charge in [0.15, 0.2) is 0 Å². The van der Waals surface area contributed by atoms with Crippen molar-refractivity contribution in [3.05, 3.63) is 63.2 Å². The van der Waals surface area contributed by atoms with Crippen molar-refractivity contribution < 1.29 is 14.3 Å². The highest BCUT2D eigenvalue weighted by Gasteiger charge is 2.30. The number of carbonyl (C=O) groups is 2. The summed E-state index contributed by atoms with van der Waals surface area (Å²) in [7, 11) is 1.52. The highest BCUT2D eigenvalue weighted by molar-refractivity contribution is 6.08.